The first kappa shape index (κ1) is 16.3. The van der Waals surface area contributed by atoms with E-state index >= 15 is 0 Å². The number of nitro groups is 1. The summed E-state index contributed by atoms with van der Waals surface area (Å²) < 4.78 is 0. The molecule has 1 N–H and O–H groups in total. The number of hydrogen-bond donors (Lipinski definition) is 1. The van der Waals surface area contributed by atoms with E-state index in [4.69, 9.17) is 0 Å². The minimum absolute atomic E-state index is 0.121. The lowest BCUT2D eigenvalue weighted by atomic mass is 9.98. The van der Waals surface area contributed by atoms with Crippen LogP contribution in [0.25, 0.3) is 0 Å². The Labute approximate surface area is 142 Å². The Hall–Kier alpha value is -2.61. The maximum Gasteiger partial charge on any atom is 0.270 e. The summed E-state index contributed by atoms with van der Waals surface area (Å²) in [6.45, 7) is 0. The molecule has 0 spiro atoms. The van der Waals surface area contributed by atoms with Gasteiger partial charge in [0, 0.05) is 24.1 Å². The van der Waals surface area contributed by atoms with Crippen LogP contribution in [0.1, 0.15) is 41.0 Å². The van der Waals surface area contributed by atoms with Crippen molar-refractivity contribution < 1.29 is 9.72 Å². The van der Waals surface area contributed by atoms with Crippen LogP contribution in [0.4, 0.5) is 10.8 Å². The molecule has 1 heterocycles. The highest BCUT2D eigenvalue weighted by Crippen LogP contribution is 2.24. The minimum Gasteiger partial charge on any atom is -0.296 e. The molecule has 0 atom stereocenters. The molecular formula is C16H16N4O3S. The van der Waals surface area contributed by atoms with Gasteiger partial charge in [0.15, 0.2) is 0 Å². The van der Waals surface area contributed by atoms with Crippen molar-refractivity contribution in [2.45, 2.75) is 32.1 Å². The van der Waals surface area contributed by atoms with Gasteiger partial charge in [0.1, 0.15) is 5.01 Å². The molecule has 1 aliphatic carbocycles. The third-order valence-electron chi connectivity index (χ3n) is 3.77. The molecule has 24 heavy (non-hydrogen) atoms. The quantitative estimate of drug-likeness (QED) is 0.506. The molecule has 0 unspecified atom stereocenters. The lowest BCUT2D eigenvalue weighted by Crippen LogP contribution is -2.11. The van der Waals surface area contributed by atoms with Gasteiger partial charge in [-0.3, -0.25) is 20.2 Å². The molecule has 0 saturated carbocycles. The van der Waals surface area contributed by atoms with Crippen LogP contribution in [-0.2, 0) is 6.42 Å². The number of carbonyl (C=O) groups is 1. The highest BCUT2D eigenvalue weighted by atomic mass is 32.1. The van der Waals surface area contributed by atoms with E-state index in [1.165, 1.54) is 54.0 Å². The fourth-order valence-electron chi connectivity index (χ4n) is 2.57. The molecular weight excluding hydrogens is 328 g/mol. The predicted octanol–water partition coefficient (Wildman–Crippen LogP) is 3.74. The fraction of sp³-hybridized carbons (Fsp3) is 0.312. The number of rotatable bonds is 5. The number of nitrogens with one attached hydrogen (secondary N) is 1. The van der Waals surface area contributed by atoms with Gasteiger partial charge in [0.25, 0.3) is 11.6 Å². The standard InChI is InChI=1S/C16H16N4O3S/c21-15(12-7-4-8-13(10-12)20(22)23)17-16-19-18-14(24-16)9-11-5-2-1-3-6-11/h4-5,7-8,10H,1-3,6,9H2,(H,17,19,21). The number of nitro benzene ring substituents is 1. The summed E-state index contributed by atoms with van der Waals surface area (Å²) in [6, 6.07) is 5.59. The predicted molar refractivity (Wildman–Crippen MR) is 91.2 cm³/mol. The van der Waals surface area contributed by atoms with Gasteiger partial charge in [-0.25, -0.2) is 0 Å². The fourth-order valence-corrected chi connectivity index (χ4v) is 3.35. The van der Waals surface area contributed by atoms with Crippen LogP contribution in [0.5, 0.6) is 0 Å². The van der Waals surface area contributed by atoms with E-state index in [1.807, 2.05) is 0 Å². The molecule has 0 aliphatic heterocycles. The summed E-state index contributed by atoms with van der Waals surface area (Å²) in [6.07, 6.45) is 7.68. The number of allylic oxidation sites excluding steroid dienone is 2. The average molecular weight is 344 g/mol. The first-order valence-corrected chi connectivity index (χ1v) is 8.49. The Kier molecular flexibility index (Phi) is 4.95. The van der Waals surface area contributed by atoms with E-state index in [1.54, 1.807) is 0 Å². The minimum atomic E-state index is -0.530. The topological polar surface area (TPSA) is 98.0 Å². The SMILES string of the molecule is O=C(Nc1nnc(CC2=CCCCC2)s1)c1cccc([N+](=O)[O-])c1. The summed E-state index contributed by atoms with van der Waals surface area (Å²) in [5.41, 5.74) is 1.47. The molecule has 3 rings (SSSR count). The van der Waals surface area contributed by atoms with E-state index < -0.39 is 10.8 Å². The molecule has 1 aliphatic rings. The van der Waals surface area contributed by atoms with Crippen molar-refractivity contribution in [2.75, 3.05) is 5.32 Å². The lowest BCUT2D eigenvalue weighted by Gasteiger charge is -2.10. The van der Waals surface area contributed by atoms with Crippen LogP contribution in [0, 0.1) is 10.1 Å². The molecule has 0 radical (unpaired) electrons. The number of benzene rings is 1. The van der Waals surface area contributed by atoms with E-state index in [9.17, 15) is 14.9 Å². The normalized spacial score (nSPS) is 14.1. The largest absolute Gasteiger partial charge is 0.296 e. The molecule has 8 heteroatoms. The van der Waals surface area contributed by atoms with E-state index in [0.29, 0.717) is 5.13 Å². The maximum absolute atomic E-state index is 12.2. The van der Waals surface area contributed by atoms with Crippen molar-refractivity contribution in [1.29, 1.82) is 0 Å². The zero-order chi connectivity index (χ0) is 16.9. The van der Waals surface area contributed by atoms with E-state index in [2.05, 4.69) is 21.6 Å². The molecule has 2 aromatic rings. The van der Waals surface area contributed by atoms with Gasteiger partial charge in [0.2, 0.25) is 5.13 Å². The van der Waals surface area contributed by atoms with Crippen molar-refractivity contribution in [3.05, 3.63) is 56.6 Å². The van der Waals surface area contributed by atoms with Gasteiger partial charge in [-0.15, -0.1) is 10.2 Å². The van der Waals surface area contributed by atoms with Crippen LogP contribution in [0.15, 0.2) is 35.9 Å². The molecule has 1 aromatic heterocycles. The van der Waals surface area contributed by atoms with Gasteiger partial charge in [-0.2, -0.15) is 0 Å². The molecule has 1 amide bonds. The summed E-state index contributed by atoms with van der Waals surface area (Å²) in [4.78, 5) is 22.4. The Balaban J connectivity index is 1.65. The molecule has 0 bridgehead atoms. The Morgan fingerprint density at radius 1 is 1.33 bits per heavy atom. The Bertz CT molecular complexity index is 800. The second kappa shape index (κ2) is 7.31. The Morgan fingerprint density at radius 3 is 2.96 bits per heavy atom. The van der Waals surface area contributed by atoms with Gasteiger partial charge in [0.05, 0.1) is 4.92 Å². The summed E-state index contributed by atoms with van der Waals surface area (Å²) in [5, 5.41) is 22.8. The second-order valence-corrected chi connectivity index (χ2v) is 6.61. The number of non-ortho nitro benzene ring substituents is 1. The smallest absolute Gasteiger partial charge is 0.270 e. The second-order valence-electron chi connectivity index (χ2n) is 5.55. The molecule has 1 aromatic carbocycles. The number of aromatic nitrogens is 2. The molecule has 124 valence electrons. The van der Waals surface area contributed by atoms with Gasteiger partial charge in [-0.05, 0) is 31.7 Å². The van der Waals surface area contributed by atoms with Crippen molar-refractivity contribution in [1.82, 2.24) is 10.2 Å². The van der Waals surface area contributed by atoms with Crippen LogP contribution in [-0.4, -0.2) is 21.0 Å². The highest BCUT2D eigenvalue weighted by molar-refractivity contribution is 7.15. The van der Waals surface area contributed by atoms with Crippen molar-refractivity contribution in [3.8, 4) is 0 Å². The van der Waals surface area contributed by atoms with Crippen LogP contribution in [0.3, 0.4) is 0 Å². The Morgan fingerprint density at radius 2 is 2.21 bits per heavy atom. The van der Waals surface area contributed by atoms with Crippen molar-refractivity contribution in [3.63, 3.8) is 0 Å². The summed E-state index contributed by atoms with van der Waals surface area (Å²) in [5.74, 6) is -0.432. The van der Waals surface area contributed by atoms with E-state index in [-0.39, 0.29) is 11.3 Å². The summed E-state index contributed by atoms with van der Waals surface area (Å²) in [7, 11) is 0. The van der Waals surface area contributed by atoms with Crippen LogP contribution in [0.2, 0.25) is 0 Å². The molecule has 0 fully saturated rings. The lowest BCUT2D eigenvalue weighted by molar-refractivity contribution is -0.384. The third kappa shape index (κ3) is 4.02. The van der Waals surface area contributed by atoms with Crippen molar-refractivity contribution >= 4 is 28.1 Å². The highest BCUT2D eigenvalue weighted by Gasteiger charge is 2.14. The number of carbonyl (C=O) groups excluding carboxylic acids is 1. The monoisotopic (exact) mass is 344 g/mol. The number of amides is 1. The number of anilines is 1. The first-order valence-electron chi connectivity index (χ1n) is 7.68. The zero-order valence-electron chi connectivity index (χ0n) is 12.9. The van der Waals surface area contributed by atoms with Gasteiger partial charge < -0.3 is 0 Å². The molecule has 0 saturated heterocycles. The number of hydrogen-bond acceptors (Lipinski definition) is 6. The zero-order valence-corrected chi connectivity index (χ0v) is 13.7. The van der Waals surface area contributed by atoms with E-state index in [0.717, 1.165) is 24.3 Å². The van der Waals surface area contributed by atoms with Gasteiger partial charge in [-0.1, -0.05) is 29.1 Å². The van der Waals surface area contributed by atoms with Crippen LogP contribution >= 0.6 is 11.3 Å². The number of nitrogens with zero attached hydrogens (tertiary/aromatic N) is 3. The maximum atomic E-state index is 12.2. The molecule has 7 nitrogen and oxygen atoms in total. The van der Waals surface area contributed by atoms with Crippen molar-refractivity contribution in [2.24, 2.45) is 0 Å². The van der Waals surface area contributed by atoms with Gasteiger partial charge >= 0.3 is 0 Å². The summed E-state index contributed by atoms with van der Waals surface area (Å²) >= 11 is 1.33. The first-order chi connectivity index (χ1) is 11.6. The third-order valence-corrected chi connectivity index (χ3v) is 4.61. The van der Waals surface area contributed by atoms with Crippen LogP contribution < -0.4 is 5.32 Å². The average Bonchev–Trinajstić information content (AvgIpc) is 3.02.